The molecule has 0 saturated carbocycles. The van der Waals surface area contributed by atoms with Crippen LogP contribution in [0.3, 0.4) is 0 Å². The molecule has 0 aliphatic rings. The van der Waals surface area contributed by atoms with Crippen LogP contribution in [-0.4, -0.2) is 19.7 Å². The summed E-state index contributed by atoms with van der Waals surface area (Å²) in [4.78, 5) is 9.32. The van der Waals surface area contributed by atoms with E-state index >= 15 is 0 Å². The molecule has 2 aromatic rings. The molecule has 0 saturated heterocycles. The number of nitrogens with two attached hydrogens (primary N) is 1. The quantitative estimate of drug-likeness (QED) is 0.773. The molecule has 0 aliphatic carbocycles. The molecule has 0 amide bonds. The normalized spacial score (nSPS) is 10.5. The third-order valence-electron chi connectivity index (χ3n) is 1.74. The van der Waals surface area contributed by atoms with Crippen LogP contribution < -0.4 is 5.73 Å². The summed E-state index contributed by atoms with van der Waals surface area (Å²) in [6, 6.07) is 1.75. The number of nitrogen functional groups attached to an aromatic ring is 1. The summed E-state index contributed by atoms with van der Waals surface area (Å²) in [5, 5.41) is 4.92. The van der Waals surface area contributed by atoms with E-state index in [1.165, 1.54) is 11.8 Å². The largest absolute Gasteiger partial charge is 0.384 e. The fraction of sp³-hybridized carbons (Fsp3) is 0.222. The molecule has 0 radical (unpaired) electrons. The van der Waals surface area contributed by atoms with Gasteiger partial charge in [-0.25, -0.2) is 9.97 Å². The van der Waals surface area contributed by atoms with Crippen LogP contribution in [0, 0.1) is 6.92 Å². The van der Waals surface area contributed by atoms with Crippen LogP contribution >= 0.6 is 11.8 Å². The highest BCUT2D eigenvalue weighted by Gasteiger charge is 2.03. The molecule has 0 atom stereocenters. The molecule has 0 unspecified atom stereocenters. The lowest BCUT2D eigenvalue weighted by atomic mass is 10.5. The number of hydrogen-bond donors (Lipinski definition) is 1. The number of hydrogen-bond acceptors (Lipinski definition) is 5. The Morgan fingerprint density at radius 3 is 2.80 bits per heavy atom. The molecule has 5 nitrogen and oxygen atoms in total. The Bertz CT molecular complexity index is 459. The Morgan fingerprint density at radius 2 is 2.20 bits per heavy atom. The Morgan fingerprint density at radius 1 is 1.40 bits per heavy atom. The van der Waals surface area contributed by atoms with Crippen molar-refractivity contribution in [1.82, 2.24) is 19.7 Å². The average molecular weight is 221 g/mol. The van der Waals surface area contributed by atoms with E-state index in [1.807, 2.05) is 20.2 Å². The van der Waals surface area contributed by atoms with Crippen molar-refractivity contribution in [1.29, 1.82) is 0 Å². The van der Waals surface area contributed by atoms with Gasteiger partial charge in [-0.05, 0) is 6.92 Å². The average Bonchev–Trinajstić information content (AvgIpc) is 2.49. The molecule has 6 heteroatoms. The highest BCUT2D eigenvalue weighted by molar-refractivity contribution is 7.99. The van der Waals surface area contributed by atoms with Crippen molar-refractivity contribution >= 4 is 17.6 Å². The summed E-state index contributed by atoms with van der Waals surface area (Å²) in [7, 11) is 1.88. The molecule has 0 spiro atoms. The molecule has 78 valence electrons. The minimum absolute atomic E-state index is 0.494. The first kappa shape index (κ1) is 9.97. The summed E-state index contributed by atoms with van der Waals surface area (Å²) >= 11 is 1.52. The minimum atomic E-state index is 0.494. The zero-order chi connectivity index (χ0) is 10.8. The Hall–Kier alpha value is -1.56. The van der Waals surface area contributed by atoms with Gasteiger partial charge in [0.05, 0.1) is 11.1 Å². The minimum Gasteiger partial charge on any atom is -0.384 e. The van der Waals surface area contributed by atoms with Gasteiger partial charge in [0.2, 0.25) is 0 Å². The Balaban J connectivity index is 2.24. The highest BCUT2D eigenvalue weighted by atomic mass is 32.2. The van der Waals surface area contributed by atoms with Crippen molar-refractivity contribution < 1.29 is 0 Å². The van der Waals surface area contributed by atoms with Gasteiger partial charge in [0.15, 0.2) is 0 Å². The van der Waals surface area contributed by atoms with Gasteiger partial charge in [-0.2, -0.15) is 5.10 Å². The van der Waals surface area contributed by atoms with Gasteiger partial charge < -0.3 is 5.73 Å². The van der Waals surface area contributed by atoms with Crippen molar-refractivity contribution in [3.05, 3.63) is 24.3 Å². The first-order valence-corrected chi connectivity index (χ1v) is 5.23. The molecule has 15 heavy (non-hydrogen) atoms. The van der Waals surface area contributed by atoms with E-state index in [4.69, 9.17) is 5.73 Å². The number of aromatic nitrogens is 4. The molecule has 0 aliphatic heterocycles. The molecule has 0 aromatic carbocycles. The molecule has 2 N–H and O–H groups in total. The van der Waals surface area contributed by atoms with Gasteiger partial charge >= 0.3 is 0 Å². The number of aryl methyl sites for hydroxylation is 2. The van der Waals surface area contributed by atoms with Gasteiger partial charge in [0, 0.05) is 19.3 Å². The number of nitrogens with zero attached hydrogens (tertiary/aromatic N) is 4. The lowest BCUT2D eigenvalue weighted by Gasteiger charge is -2.00. The van der Waals surface area contributed by atoms with Crippen LogP contribution in [0.5, 0.6) is 0 Å². The lowest BCUT2D eigenvalue weighted by molar-refractivity contribution is 0.766. The van der Waals surface area contributed by atoms with Gasteiger partial charge in [-0.15, -0.1) is 0 Å². The van der Waals surface area contributed by atoms with Crippen LogP contribution in [0.1, 0.15) is 5.82 Å². The first-order valence-electron chi connectivity index (χ1n) is 4.41. The van der Waals surface area contributed by atoms with E-state index in [9.17, 15) is 0 Å². The van der Waals surface area contributed by atoms with E-state index in [2.05, 4.69) is 15.1 Å². The van der Waals surface area contributed by atoms with Gasteiger partial charge in [-0.1, -0.05) is 11.8 Å². The zero-order valence-corrected chi connectivity index (χ0v) is 9.32. The topological polar surface area (TPSA) is 69.6 Å². The maximum Gasteiger partial charge on any atom is 0.128 e. The van der Waals surface area contributed by atoms with Crippen molar-refractivity contribution in [2.45, 2.75) is 16.8 Å². The molecule has 2 aromatic heterocycles. The van der Waals surface area contributed by atoms with E-state index in [0.29, 0.717) is 11.6 Å². The summed E-state index contributed by atoms with van der Waals surface area (Å²) in [6.07, 6.45) is 3.72. The summed E-state index contributed by atoms with van der Waals surface area (Å²) < 4.78 is 1.75. The second-order valence-electron chi connectivity index (χ2n) is 3.13. The van der Waals surface area contributed by atoms with Gasteiger partial charge in [0.25, 0.3) is 0 Å². The number of rotatable bonds is 2. The van der Waals surface area contributed by atoms with Crippen molar-refractivity contribution in [2.75, 3.05) is 5.73 Å². The highest BCUT2D eigenvalue weighted by Crippen LogP contribution is 2.25. The van der Waals surface area contributed by atoms with Gasteiger partial charge in [-0.3, -0.25) is 4.68 Å². The fourth-order valence-electron chi connectivity index (χ4n) is 1.19. The van der Waals surface area contributed by atoms with Crippen molar-refractivity contribution in [3.8, 4) is 0 Å². The van der Waals surface area contributed by atoms with E-state index in [-0.39, 0.29) is 0 Å². The fourth-order valence-corrected chi connectivity index (χ4v) is 2.09. The van der Waals surface area contributed by atoms with Crippen molar-refractivity contribution in [3.63, 3.8) is 0 Å². The second-order valence-corrected chi connectivity index (χ2v) is 4.22. The predicted molar refractivity (Wildman–Crippen MR) is 58.5 cm³/mol. The van der Waals surface area contributed by atoms with Crippen LogP contribution in [0.2, 0.25) is 0 Å². The third-order valence-corrected chi connectivity index (χ3v) is 2.60. The second kappa shape index (κ2) is 3.90. The smallest absolute Gasteiger partial charge is 0.128 e. The standard InChI is InChI=1S/C9H11N5S/c1-6-12-8(10)3-9(13-6)15-7-4-11-14(2)5-7/h3-5H,1-2H3,(H2,10,12,13). The first-order chi connectivity index (χ1) is 7.13. The van der Waals surface area contributed by atoms with Gasteiger partial charge in [0.1, 0.15) is 16.7 Å². The van der Waals surface area contributed by atoms with Crippen LogP contribution in [0.25, 0.3) is 0 Å². The maximum absolute atomic E-state index is 5.63. The maximum atomic E-state index is 5.63. The molecule has 2 heterocycles. The van der Waals surface area contributed by atoms with E-state index in [0.717, 1.165) is 9.92 Å². The van der Waals surface area contributed by atoms with Crippen LogP contribution in [0.4, 0.5) is 5.82 Å². The lowest BCUT2D eigenvalue weighted by Crippen LogP contribution is -1.96. The molecule has 0 fully saturated rings. The van der Waals surface area contributed by atoms with Crippen LogP contribution in [-0.2, 0) is 7.05 Å². The third kappa shape index (κ3) is 2.47. The van der Waals surface area contributed by atoms with Crippen LogP contribution in [0.15, 0.2) is 28.4 Å². The summed E-state index contributed by atoms with van der Waals surface area (Å²) in [5.41, 5.74) is 5.63. The monoisotopic (exact) mass is 221 g/mol. The van der Waals surface area contributed by atoms with E-state index in [1.54, 1.807) is 16.9 Å². The van der Waals surface area contributed by atoms with Crippen molar-refractivity contribution in [2.24, 2.45) is 7.05 Å². The summed E-state index contributed by atoms with van der Waals surface area (Å²) in [5.74, 6) is 1.18. The van der Waals surface area contributed by atoms with E-state index < -0.39 is 0 Å². The predicted octanol–water partition coefficient (Wildman–Crippen LogP) is 1.25. The SMILES string of the molecule is Cc1nc(N)cc(Sc2cnn(C)c2)n1. The molecule has 0 bridgehead atoms. The summed E-state index contributed by atoms with van der Waals surface area (Å²) in [6.45, 7) is 1.82. The molecule has 2 rings (SSSR count). The zero-order valence-electron chi connectivity index (χ0n) is 8.51. The Labute approximate surface area is 91.7 Å². The molecular formula is C9H11N5S. The Kier molecular flexibility index (Phi) is 2.59. The number of anilines is 1. The molecular weight excluding hydrogens is 210 g/mol.